The van der Waals surface area contributed by atoms with Crippen molar-refractivity contribution in [3.05, 3.63) is 40.3 Å². The van der Waals surface area contributed by atoms with Crippen molar-refractivity contribution in [3.63, 3.8) is 0 Å². The first kappa shape index (κ1) is 11.5. The lowest BCUT2D eigenvalue weighted by Crippen LogP contribution is -1.94. The van der Waals surface area contributed by atoms with E-state index in [0.29, 0.717) is 10.0 Å². The fourth-order valence-electron chi connectivity index (χ4n) is 1.69. The predicted molar refractivity (Wildman–Crippen MR) is 68.1 cm³/mol. The van der Waals surface area contributed by atoms with Gasteiger partial charge in [0.1, 0.15) is 0 Å². The molecule has 1 aromatic heterocycles. The van der Waals surface area contributed by atoms with Gasteiger partial charge in [0.2, 0.25) is 0 Å². The van der Waals surface area contributed by atoms with Crippen LogP contribution in [0.2, 0.25) is 10.0 Å². The van der Waals surface area contributed by atoms with Crippen LogP contribution in [0.25, 0.3) is 11.3 Å². The molecule has 0 fully saturated rings. The molecule has 0 radical (unpaired) electrons. The van der Waals surface area contributed by atoms with Crippen LogP contribution in [-0.4, -0.2) is 9.55 Å². The Morgan fingerprint density at radius 2 is 2.00 bits per heavy atom. The Balaban J connectivity index is 2.50. The Labute approximate surface area is 105 Å². The lowest BCUT2D eigenvalue weighted by atomic mass is 10.1. The van der Waals surface area contributed by atoms with Crippen molar-refractivity contribution in [1.82, 2.24) is 9.55 Å². The average molecular weight is 255 g/mol. The SMILES string of the molecule is CCn1cnc(-c2ccc(Cl)c(Cl)c2)c1C. The van der Waals surface area contributed by atoms with E-state index < -0.39 is 0 Å². The van der Waals surface area contributed by atoms with Gasteiger partial charge in [0, 0.05) is 17.8 Å². The zero-order valence-corrected chi connectivity index (χ0v) is 10.7. The second-order valence-corrected chi connectivity index (χ2v) is 4.41. The molecule has 0 aliphatic heterocycles. The molecule has 4 heteroatoms. The molecular weight excluding hydrogens is 243 g/mol. The number of aryl methyl sites for hydroxylation is 1. The first-order valence-corrected chi connectivity index (χ1v) is 5.86. The second kappa shape index (κ2) is 4.48. The fourth-order valence-corrected chi connectivity index (χ4v) is 1.99. The maximum Gasteiger partial charge on any atom is 0.0955 e. The third-order valence-electron chi connectivity index (χ3n) is 2.63. The van der Waals surface area contributed by atoms with Crippen molar-refractivity contribution >= 4 is 23.2 Å². The zero-order chi connectivity index (χ0) is 11.7. The van der Waals surface area contributed by atoms with E-state index in [1.807, 2.05) is 25.4 Å². The maximum absolute atomic E-state index is 5.99. The van der Waals surface area contributed by atoms with Gasteiger partial charge < -0.3 is 4.57 Å². The lowest BCUT2D eigenvalue weighted by molar-refractivity contribution is 0.737. The van der Waals surface area contributed by atoms with Gasteiger partial charge in [-0.2, -0.15) is 0 Å². The fraction of sp³-hybridized carbons (Fsp3) is 0.250. The topological polar surface area (TPSA) is 17.8 Å². The van der Waals surface area contributed by atoms with Crippen molar-refractivity contribution in [2.24, 2.45) is 0 Å². The van der Waals surface area contributed by atoms with Crippen LogP contribution in [0.5, 0.6) is 0 Å². The average Bonchev–Trinajstić information content (AvgIpc) is 2.64. The second-order valence-electron chi connectivity index (χ2n) is 3.59. The summed E-state index contributed by atoms with van der Waals surface area (Å²) in [6.07, 6.45) is 1.84. The molecule has 1 heterocycles. The summed E-state index contributed by atoms with van der Waals surface area (Å²) in [7, 11) is 0. The number of imidazole rings is 1. The minimum Gasteiger partial charge on any atom is -0.335 e. The first-order chi connectivity index (χ1) is 7.63. The number of hydrogen-bond donors (Lipinski definition) is 0. The smallest absolute Gasteiger partial charge is 0.0955 e. The number of rotatable bonds is 2. The normalized spacial score (nSPS) is 10.8. The van der Waals surface area contributed by atoms with Crippen molar-refractivity contribution in [2.45, 2.75) is 20.4 Å². The molecule has 0 N–H and O–H groups in total. The number of hydrogen-bond acceptors (Lipinski definition) is 1. The summed E-state index contributed by atoms with van der Waals surface area (Å²) in [6.45, 7) is 5.06. The molecule has 2 rings (SSSR count). The van der Waals surface area contributed by atoms with Gasteiger partial charge in [-0.05, 0) is 26.0 Å². The quantitative estimate of drug-likeness (QED) is 0.786. The van der Waals surface area contributed by atoms with Crippen LogP contribution >= 0.6 is 23.2 Å². The van der Waals surface area contributed by atoms with Gasteiger partial charge in [0.05, 0.1) is 22.1 Å². The van der Waals surface area contributed by atoms with Crippen molar-refractivity contribution < 1.29 is 0 Å². The van der Waals surface area contributed by atoms with E-state index in [2.05, 4.69) is 16.5 Å². The molecule has 0 saturated carbocycles. The van der Waals surface area contributed by atoms with Gasteiger partial charge in [-0.15, -0.1) is 0 Å². The molecule has 0 aliphatic rings. The molecule has 1 aromatic carbocycles. The maximum atomic E-state index is 5.99. The van der Waals surface area contributed by atoms with Crippen LogP contribution in [0.3, 0.4) is 0 Å². The van der Waals surface area contributed by atoms with Crippen molar-refractivity contribution in [3.8, 4) is 11.3 Å². The summed E-state index contributed by atoms with van der Waals surface area (Å²) in [5.74, 6) is 0. The number of nitrogens with zero attached hydrogens (tertiary/aromatic N) is 2. The Morgan fingerprint density at radius 1 is 1.25 bits per heavy atom. The third-order valence-corrected chi connectivity index (χ3v) is 3.37. The summed E-state index contributed by atoms with van der Waals surface area (Å²) in [4.78, 5) is 4.39. The summed E-state index contributed by atoms with van der Waals surface area (Å²) in [5.41, 5.74) is 3.10. The van der Waals surface area contributed by atoms with E-state index in [1.54, 1.807) is 6.07 Å². The van der Waals surface area contributed by atoms with Gasteiger partial charge in [-0.25, -0.2) is 4.98 Å². The minimum atomic E-state index is 0.560. The van der Waals surface area contributed by atoms with Gasteiger partial charge in [0.15, 0.2) is 0 Å². The van der Waals surface area contributed by atoms with Crippen LogP contribution in [0.15, 0.2) is 24.5 Å². The minimum absolute atomic E-state index is 0.560. The third kappa shape index (κ3) is 1.95. The van der Waals surface area contributed by atoms with Gasteiger partial charge in [-0.1, -0.05) is 29.3 Å². The highest BCUT2D eigenvalue weighted by Gasteiger charge is 2.09. The zero-order valence-electron chi connectivity index (χ0n) is 9.17. The van der Waals surface area contributed by atoms with Crippen LogP contribution in [0.1, 0.15) is 12.6 Å². The van der Waals surface area contributed by atoms with Gasteiger partial charge >= 0.3 is 0 Å². The molecule has 0 bridgehead atoms. The van der Waals surface area contributed by atoms with E-state index >= 15 is 0 Å². The van der Waals surface area contributed by atoms with E-state index in [4.69, 9.17) is 23.2 Å². The highest BCUT2D eigenvalue weighted by molar-refractivity contribution is 6.42. The van der Waals surface area contributed by atoms with Crippen LogP contribution in [-0.2, 0) is 6.54 Å². The number of benzene rings is 1. The van der Waals surface area contributed by atoms with Gasteiger partial charge in [0.25, 0.3) is 0 Å². The molecule has 0 saturated heterocycles. The molecular formula is C12H12Cl2N2. The first-order valence-electron chi connectivity index (χ1n) is 5.10. The molecule has 2 aromatic rings. The predicted octanol–water partition coefficient (Wildman–Crippen LogP) is 4.19. The van der Waals surface area contributed by atoms with E-state index in [1.165, 1.54) is 0 Å². The standard InChI is InChI=1S/C12H12Cl2N2/c1-3-16-7-15-12(8(16)2)9-4-5-10(13)11(14)6-9/h4-7H,3H2,1-2H3. The van der Waals surface area contributed by atoms with E-state index in [9.17, 15) is 0 Å². The molecule has 84 valence electrons. The van der Waals surface area contributed by atoms with Crippen molar-refractivity contribution in [1.29, 1.82) is 0 Å². The number of aromatic nitrogens is 2. The molecule has 0 aliphatic carbocycles. The molecule has 0 spiro atoms. The molecule has 0 amide bonds. The molecule has 16 heavy (non-hydrogen) atoms. The highest BCUT2D eigenvalue weighted by atomic mass is 35.5. The Bertz CT molecular complexity index is 518. The Morgan fingerprint density at radius 3 is 2.56 bits per heavy atom. The molecule has 2 nitrogen and oxygen atoms in total. The lowest BCUT2D eigenvalue weighted by Gasteiger charge is -2.03. The summed E-state index contributed by atoms with van der Waals surface area (Å²) >= 11 is 11.9. The Kier molecular flexibility index (Phi) is 3.22. The summed E-state index contributed by atoms with van der Waals surface area (Å²) in [5, 5.41) is 1.13. The van der Waals surface area contributed by atoms with Crippen molar-refractivity contribution in [2.75, 3.05) is 0 Å². The largest absolute Gasteiger partial charge is 0.335 e. The van der Waals surface area contributed by atoms with Crippen LogP contribution in [0.4, 0.5) is 0 Å². The summed E-state index contributed by atoms with van der Waals surface area (Å²) in [6, 6.07) is 5.58. The van der Waals surface area contributed by atoms with Crippen LogP contribution < -0.4 is 0 Å². The monoisotopic (exact) mass is 254 g/mol. The summed E-state index contributed by atoms with van der Waals surface area (Å²) < 4.78 is 2.10. The van der Waals surface area contributed by atoms with Crippen LogP contribution in [0, 0.1) is 6.92 Å². The highest BCUT2D eigenvalue weighted by Crippen LogP contribution is 2.29. The number of halogens is 2. The Hall–Kier alpha value is -0.990. The molecule has 0 unspecified atom stereocenters. The van der Waals surface area contributed by atoms with E-state index in [0.717, 1.165) is 23.5 Å². The van der Waals surface area contributed by atoms with E-state index in [-0.39, 0.29) is 0 Å². The van der Waals surface area contributed by atoms with Gasteiger partial charge in [-0.3, -0.25) is 0 Å². The molecule has 0 atom stereocenters.